The van der Waals surface area contributed by atoms with Crippen molar-refractivity contribution in [3.8, 4) is 0 Å². The Kier molecular flexibility index (Phi) is 6.23. The lowest BCUT2D eigenvalue weighted by Gasteiger charge is -2.31. The third-order valence-corrected chi connectivity index (χ3v) is 3.33. The van der Waals surface area contributed by atoms with Gasteiger partial charge in [-0.05, 0) is 26.2 Å². The minimum absolute atomic E-state index is 0.0867. The second-order valence-corrected chi connectivity index (χ2v) is 6.14. The SMILES string of the molecule is CC(C)CC(C)(O)CNC(C)C(=O)N1CCOCC1. The number of rotatable bonds is 6. The predicted molar refractivity (Wildman–Crippen MR) is 74.9 cm³/mol. The fourth-order valence-electron chi connectivity index (χ4n) is 2.47. The van der Waals surface area contributed by atoms with Crippen LogP contribution in [0.2, 0.25) is 0 Å². The second-order valence-electron chi connectivity index (χ2n) is 6.14. The summed E-state index contributed by atoms with van der Waals surface area (Å²) in [5.74, 6) is 0.519. The van der Waals surface area contributed by atoms with Crippen LogP contribution in [0, 0.1) is 5.92 Å². The summed E-state index contributed by atoms with van der Waals surface area (Å²) >= 11 is 0. The number of ether oxygens (including phenoxy) is 1. The zero-order valence-electron chi connectivity index (χ0n) is 12.6. The van der Waals surface area contributed by atoms with Crippen molar-refractivity contribution in [2.24, 2.45) is 5.92 Å². The molecule has 0 aromatic heterocycles. The molecule has 1 aliphatic heterocycles. The molecule has 1 saturated heterocycles. The first kappa shape index (κ1) is 16.4. The number of hydrogen-bond donors (Lipinski definition) is 2. The van der Waals surface area contributed by atoms with Crippen LogP contribution in [0.5, 0.6) is 0 Å². The van der Waals surface area contributed by atoms with Gasteiger partial charge >= 0.3 is 0 Å². The lowest BCUT2D eigenvalue weighted by Crippen LogP contribution is -2.52. The minimum atomic E-state index is -0.770. The fraction of sp³-hybridized carbons (Fsp3) is 0.929. The van der Waals surface area contributed by atoms with E-state index >= 15 is 0 Å². The molecular formula is C14H28N2O3. The molecule has 19 heavy (non-hydrogen) atoms. The van der Waals surface area contributed by atoms with Crippen LogP contribution in [0.3, 0.4) is 0 Å². The van der Waals surface area contributed by atoms with Crippen LogP contribution in [0.25, 0.3) is 0 Å². The molecule has 0 aromatic rings. The molecule has 5 nitrogen and oxygen atoms in total. The first-order chi connectivity index (χ1) is 8.82. The standard InChI is InChI=1S/C14H28N2O3/c1-11(2)9-14(4,18)10-15-12(3)13(17)16-5-7-19-8-6-16/h11-12,15,18H,5-10H2,1-4H3. The van der Waals surface area contributed by atoms with Crippen LogP contribution < -0.4 is 5.32 Å². The molecule has 1 amide bonds. The zero-order chi connectivity index (χ0) is 14.5. The van der Waals surface area contributed by atoms with Crippen LogP contribution in [0.15, 0.2) is 0 Å². The van der Waals surface area contributed by atoms with Gasteiger partial charge in [-0.1, -0.05) is 13.8 Å². The van der Waals surface area contributed by atoms with Crippen LogP contribution in [-0.2, 0) is 9.53 Å². The summed E-state index contributed by atoms with van der Waals surface area (Å²) < 4.78 is 5.23. The Bertz CT molecular complexity index is 286. The zero-order valence-corrected chi connectivity index (χ0v) is 12.6. The van der Waals surface area contributed by atoms with E-state index in [0.717, 1.165) is 6.42 Å². The smallest absolute Gasteiger partial charge is 0.239 e. The molecule has 5 heteroatoms. The van der Waals surface area contributed by atoms with Gasteiger partial charge in [-0.2, -0.15) is 0 Å². The predicted octanol–water partition coefficient (Wildman–Crippen LogP) is 0.620. The quantitative estimate of drug-likeness (QED) is 0.744. The van der Waals surface area contributed by atoms with Gasteiger partial charge in [0.25, 0.3) is 0 Å². The summed E-state index contributed by atoms with van der Waals surface area (Å²) in [7, 11) is 0. The second kappa shape index (κ2) is 7.22. The molecular weight excluding hydrogens is 244 g/mol. The molecule has 1 aliphatic rings. The number of amides is 1. The number of carbonyl (C=O) groups excluding carboxylic acids is 1. The summed E-state index contributed by atoms with van der Waals surface area (Å²) in [6.07, 6.45) is 0.721. The molecule has 1 heterocycles. The van der Waals surface area contributed by atoms with Crippen molar-refractivity contribution < 1.29 is 14.6 Å². The highest BCUT2D eigenvalue weighted by molar-refractivity contribution is 5.81. The van der Waals surface area contributed by atoms with Gasteiger partial charge in [0.2, 0.25) is 5.91 Å². The molecule has 0 spiro atoms. The molecule has 2 unspecified atom stereocenters. The maximum Gasteiger partial charge on any atom is 0.239 e. The average Bonchev–Trinajstić information content (AvgIpc) is 2.34. The van der Waals surface area contributed by atoms with Gasteiger partial charge < -0.3 is 20.1 Å². The number of nitrogens with zero attached hydrogens (tertiary/aromatic N) is 1. The lowest BCUT2D eigenvalue weighted by atomic mass is 9.94. The first-order valence-corrected chi connectivity index (χ1v) is 7.14. The number of carbonyl (C=O) groups is 1. The van der Waals surface area contributed by atoms with Gasteiger partial charge in [-0.15, -0.1) is 0 Å². The summed E-state index contributed by atoms with van der Waals surface area (Å²) in [6, 6.07) is -0.267. The van der Waals surface area contributed by atoms with Crippen molar-refractivity contribution in [1.82, 2.24) is 10.2 Å². The van der Waals surface area contributed by atoms with Gasteiger partial charge in [0, 0.05) is 19.6 Å². The van der Waals surface area contributed by atoms with E-state index in [1.807, 2.05) is 18.7 Å². The average molecular weight is 272 g/mol. The van der Waals surface area contributed by atoms with Crippen LogP contribution >= 0.6 is 0 Å². The Morgan fingerprint density at radius 3 is 2.47 bits per heavy atom. The maximum atomic E-state index is 12.2. The Morgan fingerprint density at radius 2 is 1.95 bits per heavy atom. The van der Waals surface area contributed by atoms with Crippen molar-refractivity contribution in [2.45, 2.75) is 45.8 Å². The summed E-state index contributed by atoms with van der Waals surface area (Å²) in [5, 5.41) is 13.4. The van der Waals surface area contributed by atoms with Gasteiger partial charge in [0.1, 0.15) is 0 Å². The molecule has 0 aliphatic carbocycles. The summed E-state index contributed by atoms with van der Waals surface area (Å²) in [4.78, 5) is 14.0. The molecule has 2 N–H and O–H groups in total. The maximum absolute atomic E-state index is 12.2. The number of morpholine rings is 1. The van der Waals surface area contributed by atoms with E-state index in [0.29, 0.717) is 38.8 Å². The molecule has 0 saturated carbocycles. The molecule has 1 rings (SSSR count). The number of nitrogens with one attached hydrogen (secondary N) is 1. The molecule has 0 radical (unpaired) electrons. The highest BCUT2D eigenvalue weighted by Gasteiger charge is 2.26. The van der Waals surface area contributed by atoms with Crippen LogP contribution in [0.1, 0.15) is 34.1 Å². The Morgan fingerprint density at radius 1 is 1.37 bits per heavy atom. The van der Waals surface area contributed by atoms with Crippen molar-refractivity contribution >= 4 is 5.91 Å². The summed E-state index contributed by atoms with van der Waals surface area (Å²) in [5.41, 5.74) is -0.770. The highest BCUT2D eigenvalue weighted by Crippen LogP contribution is 2.15. The van der Waals surface area contributed by atoms with Crippen molar-refractivity contribution in [3.63, 3.8) is 0 Å². The van der Waals surface area contributed by atoms with Crippen molar-refractivity contribution in [2.75, 3.05) is 32.8 Å². The monoisotopic (exact) mass is 272 g/mol. The Hall–Kier alpha value is -0.650. The number of aliphatic hydroxyl groups is 1. The van der Waals surface area contributed by atoms with E-state index in [-0.39, 0.29) is 11.9 Å². The number of hydrogen-bond acceptors (Lipinski definition) is 4. The van der Waals surface area contributed by atoms with Crippen molar-refractivity contribution in [3.05, 3.63) is 0 Å². The third-order valence-electron chi connectivity index (χ3n) is 3.33. The van der Waals surface area contributed by atoms with Crippen LogP contribution in [-0.4, -0.2) is 60.4 Å². The lowest BCUT2D eigenvalue weighted by molar-refractivity contribution is -0.137. The molecule has 112 valence electrons. The van der Waals surface area contributed by atoms with Gasteiger partial charge in [-0.25, -0.2) is 0 Å². The highest BCUT2D eigenvalue weighted by atomic mass is 16.5. The molecule has 0 aromatic carbocycles. The summed E-state index contributed by atoms with van der Waals surface area (Å²) in [6.45, 7) is 10.8. The van der Waals surface area contributed by atoms with E-state index in [1.54, 1.807) is 0 Å². The first-order valence-electron chi connectivity index (χ1n) is 7.14. The van der Waals surface area contributed by atoms with Gasteiger partial charge in [0.15, 0.2) is 0 Å². The van der Waals surface area contributed by atoms with E-state index in [9.17, 15) is 9.90 Å². The fourth-order valence-corrected chi connectivity index (χ4v) is 2.47. The largest absolute Gasteiger partial charge is 0.389 e. The van der Waals surface area contributed by atoms with Gasteiger partial charge in [-0.3, -0.25) is 4.79 Å². The van der Waals surface area contributed by atoms with Crippen molar-refractivity contribution in [1.29, 1.82) is 0 Å². The van der Waals surface area contributed by atoms with E-state index in [2.05, 4.69) is 19.2 Å². The molecule has 0 bridgehead atoms. The van der Waals surface area contributed by atoms with E-state index in [1.165, 1.54) is 0 Å². The molecule has 1 fully saturated rings. The topological polar surface area (TPSA) is 61.8 Å². The Labute approximate surface area is 116 Å². The normalized spacial score (nSPS) is 21.3. The molecule has 2 atom stereocenters. The van der Waals surface area contributed by atoms with Gasteiger partial charge in [0.05, 0.1) is 24.9 Å². The minimum Gasteiger partial charge on any atom is -0.389 e. The third kappa shape index (κ3) is 5.89. The Balaban J connectivity index is 2.37. The van der Waals surface area contributed by atoms with E-state index < -0.39 is 5.60 Å². The van der Waals surface area contributed by atoms with E-state index in [4.69, 9.17) is 4.74 Å². The van der Waals surface area contributed by atoms with Crippen LogP contribution in [0.4, 0.5) is 0 Å².